The van der Waals surface area contributed by atoms with Crippen LogP contribution < -0.4 is 0 Å². The summed E-state index contributed by atoms with van der Waals surface area (Å²) in [6.07, 6.45) is 0. The molecule has 0 radical (unpaired) electrons. The van der Waals surface area contributed by atoms with Crippen LogP contribution in [0.15, 0.2) is 41.3 Å². The van der Waals surface area contributed by atoms with Crippen molar-refractivity contribution in [2.45, 2.75) is 17.6 Å². The molecule has 1 N–H and O–H groups in total. The normalized spacial score (nSPS) is 10.1. The second-order valence-corrected chi connectivity index (χ2v) is 5.54. The van der Waals surface area contributed by atoms with E-state index in [-0.39, 0.29) is 5.56 Å². The number of hydrogen-bond acceptors (Lipinski definition) is 3. The van der Waals surface area contributed by atoms with Gasteiger partial charge in [-0.15, -0.1) is 11.8 Å². The quantitative estimate of drug-likeness (QED) is 0.867. The first kappa shape index (κ1) is 15.1. The van der Waals surface area contributed by atoms with Gasteiger partial charge in [0.1, 0.15) is 5.82 Å². The van der Waals surface area contributed by atoms with Crippen LogP contribution in [0.3, 0.4) is 0 Å². The number of hydrogen-bond donors (Lipinski definition) is 1. The summed E-state index contributed by atoms with van der Waals surface area (Å²) in [6.45, 7) is 1.92. The molecule has 5 heteroatoms. The molecule has 21 heavy (non-hydrogen) atoms. The fraction of sp³-hybridized carbons (Fsp3) is 0.125. The van der Waals surface area contributed by atoms with Crippen LogP contribution in [0.5, 0.6) is 0 Å². The summed E-state index contributed by atoms with van der Waals surface area (Å²) in [6, 6.07) is 11.6. The molecular formula is C16H12FNO2S. The van der Waals surface area contributed by atoms with Crippen LogP contribution >= 0.6 is 11.8 Å². The molecule has 106 valence electrons. The van der Waals surface area contributed by atoms with Crippen molar-refractivity contribution in [1.29, 1.82) is 5.26 Å². The Labute approximate surface area is 126 Å². The first-order chi connectivity index (χ1) is 10.0. The van der Waals surface area contributed by atoms with E-state index >= 15 is 0 Å². The van der Waals surface area contributed by atoms with Gasteiger partial charge in [-0.1, -0.05) is 6.07 Å². The molecule has 0 bridgehead atoms. The van der Waals surface area contributed by atoms with Gasteiger partial charge in [0.15, 0.2) is 0 Å². The number of carbonyl (C=O) groups is 1. The number of carboxylic acids is 1. The van der Waals surface area contributed by atoms with E-state index in [2.05, 4.69) is 6.07 Å². The van der Waals surface area contributed by atoms with Gasteiger partial charge in [0.25, 0.3) is 0 Å². The smallest absolute Gasteiger partial charge is 0.338 e. The van der Waals surface area contributed by atoms with Gasteiger partial charge in [0.05, 0.1) is 17.2 Å². The van der Waals surface area contributed by atoms with Crippen molar-refractivity contribution in [3.8, 4) is 6.07 Å². The van der Waals surface area contributed by atoms with Crippen LogP contribution in [-0.2, 0) is 5.75 Å². The zero-order chi connectivity index (χ0) is 15.4. The first-order valence-corrected chi connectivity index (χ1v) is 7.15. The Morgan fingerprint density at radius 1 is 1.33 bits per heavy atom. The molecule has 2 rings (SSSR count). The van der Waals surface area contributed by atoms with Crippen molar-refractivity contribution in [3.05, 3.63) is 64.5 Å². The van der Waals surface area contributed by atoms with Crippen LogP contribution in [0.1, 0.15) is 27.0 Å². The molecular weight excluding hydrogens is 289 g/mol. The van der Waals surface area contributed by atoms with Gasteiger partial charge in [-0.2, -0.15) is 5.26 Å². The van der Waals surface area contributed by atoms with Gasteiger partial charge in [-0.3, -0.25) is 0 Å². The topological polar surface area (TPSA) is 61.1 Å². The number of carboxylic acid groups (broad SMARTS) is 1. The number of benzene rings is 2. The lowest BCUT2D eigenvalue weighted by atomic mass is 10.1. The molecule has 0 unspecified atom stereocenters. The average molecular weight is 301 g/mol. The van der Waals surface area contributed by atoms with Gasteiger partial charge in [-0.05, 0) is 48.4 Å². The summed E-state index contributed by atoms with van der Waals surface area (Å²) >= 11 is 1.43. The molecule has 0 saturated heterocycles. The van der Waals surface area contributed by atoms with E-state index in [1.165, 1.54) is 17.8 Å². The Bertz CT molecular complexity index is 738. The van der Waals surface area contributed by atoms with Gasteiger partial charge in [0.2, 0.25) is 0 Å². The van der Waals surface area contributed by atoms with Gasteiger partial charge in [0, 0.05) is 10.6 Å². The minimum absolute atomic E-state index is 0.323. The lowest BCUT2D eigenvalue weighted by molar-refractivity contribution is 0.0691. The minimum atomic E-state index is -1.27. The van der Waals surface area contributed by atoms with Crippen molar-refractivity contribution in [3.63, 3.8) is 0 Å². The molecule has 3 nitrogen and oxygen atoms in total. The Morgan fingerprint density at radius 2 is 2.10 bits per heavy atom. The third-order valence-electron chi connectivity index (χ3n) is 3.03. The molecule has 0 aliphatic carbocycles. The molecule has 0 aromatic heterocycles. The van der Waals surface area contributed by atoms with E-state index in [1.54, 1.807) is 12.1 Å². The second-order valence-electron chi connectivity index (χ2n) is 4.49. The average Bonchev–Trinajstić information content (AvgIpc) is 2.47. The highest BCUT2D eigenvalue weighted by Crippen LogP contribution is 2.26. The Kier molecular flexibility index (Phi) is 4.61. The third kappa shape index (κ3) is 3.61. The van der Waals surface area contributed by atoms with E-state index < -0.39 is 11.8 Å². The van der Waals surface area contributed by atoms with Crippen molar-refractivity contribution in [1.82, 2.24) is 0 Å². The Morgan fingerprint density at radius 3 is 2.71 bits per heavy atom. The van der Waals surface area contributed by atoms with Gasteiger partial charge < -0.3 is 5.11 Å². The van der Waals surface area contributed by atoms with Gasteiger partial charge >= 0.3 is 5.97 Å². The van der Waals surface area contributed by atoms with Crippen LogP contribution in [0.25, 0.3) is 0 Å². The summed E-state index contributed by atoms with van der Waals surface area (Å²) in [4.78, 5) is 11.6. The van der Waals surface area contributed by atoms with E-state index in [0.29, 0.717) is 16.2 Å². The molecule has 0 fully saturated rings. The van der Waals surface area contributed by atoms with Crippen molar-refractivity contribution in [2.75, 3.05) is 0 Å². The summed E-state index contributed by atoms with van der Waals surface area (Å²) < 4.78 is 13.3. The number of rotatable bonds is 4. The standard InChI is InChI=1S/C16H12FNO2S/c1-10-6-11(8-18)2-3-12(10)9-21-13-4-5-15(17)14(7-13)16(19)20/h2-7H,9H2,1H3,(H,19,20). The summed E-state index contributed by atoms with van der Waals surface area (Å²) in [5.41, 5.74) is 2.34. The first-order valence-electron chi connectivity index (χ1n) is 6.16. The van der Waals surface area contributed by atoms with Crippen LogP contribution in [0.4, 0.5) is 4.39 Å². The summed E-state index contributed by atoms with van der Waals surface area (Å²) in [7, 11) is 0. The maximum atomic E-state index is 13.3. The largest absolute Gasteiger partial charge is 0.478 e. The molecule has 0 heterocycles. The Hall–Kier alpha value is -2.32. The zero-order valence-corrected chi connectivity index (χ0v) is 12.1. The molecule has 2 aromatic carbocycles. The van der Waals surface area contributed by atoms with Crippen molar-refractivity contribution >= 4 is 17.7 Å². The summed E-state index contributed by atoms with van der Waals surface area (Å²) in [5.74, 6) is -1.38. The highest BCUT2D eigenvalue weighted by atomic mass is 32.2. The zero-order valence-electron chi connectivity index (χ0n) is 11.3. The highest BCUT2D eigenvalue weighted by molar-refractivity contribution is 7.98. The Balaban J connectivity index is 2.15. The highest BCUT2D eigenvalue weighted by Gasteiger charge is 2.11. The van der Waals surface area contributed by atoms with Crippen molar-refractivity contribution in [2.24, 2.45) is 0 Å². The van der Waals surface area contributed by atoms with Crippen LogP contribution in [0, 0.1) is 24.1 Å². The fourth-order valence-corrected chi connectivity index (χ4v) is 2.86. The predicted molar refractivity (Wildman–Crippen MR) is 78.8 cm³/mol. The van der Waals surface area contributed by atoms with Crippen molar-refractivity contribution < 1.29 is 14.3 Å². The van der Waals surface area contributed by atoms with Crippen LogP contribution in [0.2, 0.25) is 0 Å². The van der Waals surface area contributed by atoms with E-state index in [9.17, 15) is 9.18 Å². The second kappa shape index (κ2) is 6.42. The fourth-order valence-electron chi connectivity index (χ4n) is 1.85. The number of thioether (sulfide) groups is 1. The lowest BCUT2D eigenvalue weighted by Gasteiger charge is -2.07. The van der Waals surface area contributed by atoms with Gasteiger partial charge in [-0.25, -0.2) is 9.18 Å². The maximum Gasteiger partial charge on any atom is 0.338 e. The van der Waals surface area contributed by atoms with E-state index in [1.807, 2.05) is 19.1 Å². The number of aromatic carboxylic acids is 1. The lowest BCUT2D eigenvalue weighted by Crippen LogP contribution is -2.00. The molecule has 0 saturated carbocycles. The van der Waals surface area contributed by atoms with Crippen LogP contribution in [-0.4, -0.2) is 11.1 Å². The molecule has 2 aromatic rings. The number of aryl methyl sites for hydroxylation is 1. The monoisotopic (exact) mass is 301 g/mol. The molecule has 0 spiro atoms. The number of nitrogens with zero attached hydrogens (tertiary/aromatic N) is 1. The summed E-state index contributed by atoms with van der Waals surface area (Å²) in [5, 5.41) is 17.7. The van der Waals surface area contributed by atoms with E-state index in [0.717, 1.165) is 17.2 Å². The predicted octanol–water partition coefficient (Wildman–Crippen LogP) is 4.00. The minimum Gasteiger partial charge on any atom is -0.478 e. The SMILES string of the molecule is Cc1cc(C#N)ccc1CSc1ccc(F)c(C(=O)O)c1. The molecule has 0 aliphatic heterocycles. The molecule has 0 amide bonds. The molecule has 0 aliphatic rings. The molecule has 0 atom stereocenters. The maximum absolute atomic E-state index is 13.3. The number of nitriles is 1. The van der Waals surface area contributed by atoms with E-state index in [4.69, 9.17) is 10.4 Å². The third-order valence-corrected chi connectivity index (χ3v) is 4.08. The number of halogens is 1.